The normalized spacial score (nSPS) is 21.4. The SMILES string of the molecule is CCC(C)(CC(C)(C)C(=O)O)C(OC)OC(C)C(O)C(O)C(C)O. The highest BCUT2D eigenvalue weighted by Gasteiger charge is 2.43. The van der Waals surface area contributed by atoms with Crippen LogP contribution in [-0.2, 0) is 14.3 Å². The summed E-state index contributed by atoms with van der Waals surface area (Å²) in [5.41, 5.74) is -1.58. The Bertz CT molecular complexity index is 396. The lowest BCUT2D eigenvalue weighted by atomic mass is 9.72. The van der Waals surface area contributed by atoms with Crippen LogP contribution in [0.5, 0.6) is 0 Å². The second-order valence-corrected chi connectivity index (χ2v) is 7.50. The molecular formula is C17H34O7. The van der Waals surface area contributed by atoms with Gasteiger partial charge in [-0.25, -0.2) is 0 Å². The number of aliphatic hydroxyl groups excluding tert-OH is 3. The maximum Gasteiger partial charge on any atom is 0.309 e. The Balaban J connectivity index is 5.23. The van der Waals surface area contributed by atoms with Gasteiger partial charge in [0.25, 0.3) is 0 Å². The Morgan fingerprint density at radius 1 is 1.08 bits per heavy atom. The number of aliphatic carboxylic acids is 1. The standard InChI is InChI=1S/C17H34O7/c1-8-17(6,9-16(4,5)14(21)22)15(23-7)24-11(3)13(20)12(19)10(2)18/h10-13,15,18-20H,8-9H2,1-7H3,(H,21,22). The van der Waals surface area contributed by atoms with Crippen molar-refractivity contribution in [3.8, 4) is 0 Å². The van der Waals surface area contributed by atoms with Gasteiger partial charge in [-0.05, 0) is 40.5 Å². The molecule has 6 atom stereocenters. The summed E-state index contributed by atoms with van der Waals surface area (Å²) in [5, 5.41) is 38.6. The second kappa shape index (κ2) is 9.10. The van der Waals surface area contributed by atoms with Crippen LogP contribution < -0.4 is 0 Å². The van der Waals surface area contributed by atoms with E-state index in [1.807, 2.05) is 13.8 Å². The number of methoxy groups -OCH3 is 1. The fourth-order valence-electron chi connectivity index (χ4n) is 2.80. The largest absolute Gasteiger partial charge is 0.481 e. The smallest absolute Gasteiger partial charge is 0.309 e. The van der Waals surface area contributed by atoms with Gasteiger partial charge in [0.2, 0.25) is 0 Å². The van der Waals surface area contributed by atoms with Crippen LogP contribution in [0.2, 0.25) is 0 Å². The number of ether oxygens (including phenoxy) is 2. The molecule has 0 fully saturated rings. The Kier molecular flexibility index (Phi) is 8.83. The number of hydrogen-bond donors (Lipinski definition) is 4. The van der Waals surface area contributed by atoms with Gasteiger partial charge in [-0.2, -0.15) is 0 Å². The summed E-state index contributed by atoms with van der Waals surface area (Å²) in [6.07, 6.45) is -4.41. The number of carboxylic acid groups (broad SMARTS) is 1. The van der Waals surface area contributed by atoms with Crippen molar-refractivity contribution < 1.29 is 34.7 Å². The average molecular weight is 350 g/mol. The van der Waals surface area contributed by atoms with Gasteiger partial charge in [-0.1, -0.05) is 13.8 Å². The highest BCUT2D eigenvalue weighted by molar-refractivity contribution is 5.73. The lowest BCUT2D eigenvalue weighted by molar-refractivity contribution is -0.242. The van der Waals surface area contributed by atoms with Crippen molar-refractivity contribution in [2.75, 3.05) is 7.11 Å². The molecule has 6 unspecified atom stereocenters. The van der Waals surface area contributed by atoms with Crippen molar-refractivity contribution in [3.05, 3.63) is 0 Å². The van der Waals surface area contributed by atoms with Gasteiger partial charge in [0.1, 0.15) is 12.2 Å². The summed E-state index contributed by atoms with van der Waals surface area (Å²) in [5.74, 6) is -0.908. The third-order valence-electron chi connectivity index (χ3n) is 4.68. The van der Waals surface area contributed by atoms with Crippen molar-refractivity contribution in [2.24, 2.45) is 10.8 Å². The molecule has 24 heavy (non-hydrogen) atoms. The van der Waals surface area contributed by atoms with Crippen molar-refractivity contribution in [2.45, 2.75) is 85.1 Å². The van der Waals surface area contributed by atoms with Gasteiger partial charge < -0.3 is 29.9 Å². The van der Waals surface area contributed by atoms with Crippen LogP contribution in [0, 0.1) is 10.8 Å². The van der Waals surface area contributed by atoms with E-state index in [1.54, 1.807) is 20.8 Å². The molecule has 0 saturated heterocycles. The zero-order chi connectivity index (χ0) is 19.3. The number of carbonyl (C=O) groups is 1. The van der Waals surface area contributed by atoms with E-state index >= 15 is 0 Å². The van der Waals surface area contributed by atoms with Crippen molar-refractivity contribution >= 4 is 5.97 Å². The molecule has 0 rings (SSSR count). The van der Waals surface area contributed by atoms with Crippen molar-refractivity contribution in [3.63, 3.8) is 0 Å². The molecule has 0 heterocycles. The van der Waals surface area contributed by atoms with Gasteiger partial charge in [-0.15, -0.1) is 0 Å². The lowest BCUT2D eigenvalue weighted by Gasteiger charge is -2.41. The molecule has 0 aromatic heterocycles. The topological polar surface area (TPSA) is 116 Å². The maximum atomic E-state index is 11.4. The number of hydrogen-bond acceptors (Lipinski definition) is 6. The molecule has 7 nitrogen and oxygen atoms in total. The molecule has 0 aromatic carbocycles. The van der Waals surface area contributed by atoms with Crippen LogP contribution >= 0.6 is 0 Å². The van der Waals surface area contributed by atoms with E-state index < -0.39 is 47.5 Å². The first-order chi connectivity index (χ1) is 10.8. The first-order valence-electron chi connectivity index (χ1n) is 8.28. The van der Waals surface area contributed by atoms with E-state index in [9.17, 15) is 25.2 Å². The molecule has 0 saturated carbocycles. The Hall–Kier alpha value is -0.730. The van der Waals surface area contributed by atoms with Crippen LogP contribution in [0.25, 0.3) is 0 Å². The highest BCUT2D eigenvalue weighted by atomic mass is 16.7. The quantitative estimate of drug-likeness (QED) is 0.416. The summed E-state index contributed by atoms with van der Waals surface area (Å²) >= 11 is 0. The fraction of sp³-hybridized carbons (Fsp3) is 0.941. The molecule has 7 heteroatoms. The molecular weight excluding hydrogens is 316 g/mol. The minimum atomic E-state index is -1.35. The molecule has 0 radical (unpaired) electrons. The Morgan fingerprint density at radius 3 is 1.92 bits per heavy atom. The van der Waals surface area contributed by atoms with E-state index in [0.29, 0.717) is 12.8 Å². The predicted octanol–water partition coefficient (Wildman–Crippen LogP) is 1.38. The van der Waals surface area contributed by atoms with Gasteiger partial charge in [0.15, 0.2) is 6.29 Å². The van der Waals surface area contributed by atoms with Crippen molar-refractivity contribution in [1.82, 2.24) is 0 Å². The lowest BCUT2D eigenvalue weighted by Crippen LogP contribution is -2.48. The molecule has 144 valence electrons. The van der Waals surface area contributed by atoms with Gasteiger partial charge in [0, 0.05) is 12.5 Å². The predicted molar refractivity (Wildman–Crippen MR) is 89.5 cm³/mol. The zero-order valence-corrected chi connectivity index (χ0v) is 15.8. The van der Waals surface area contributed by atoms with Crippen LogP contribution in [-0.4, -0.2) is 64.2 Å². The molecule has 0 aliphatic carbocycles. The molecule has 0 amide bonds. The number of carboxylic acids is 1. The van der Waals surface area contributed by atoms with E-state index in [2.05, 4.69) is 0 Å². The zero-order valence-electron chi connectivity index (χ0n) is 15.8. The number of rotatable bonds is 11. The number of aliphatic hydroxyl groups is 3. The molecule has 0 bridgehead atoms. The van der Waals surface area contributed by atoms with E-state index in [-0.39, 0.29) is 0 Å². The van der Waals surface area contributed by atoms with Gasteiger partial charge in [-0.3, -0.25) is 4.79 Å². The summed E-state index contributed by atoms with van der Waals surface area (Å²) in [4.78, 5) is 11.4. The van der Waals surface area contributed by atoms with Gasteiger partial charge in [0.05, 0.1) is 17.6 Å². The molecule has 0 aliphatic rings. The average Bonchev–Trinajstić information content (AvgIpc) is 2.49. The second-order valence-electron chi connectivity index (χ2n) is 7.50. The minimum Gasteiger partial charge on any atom is -0.481 e. The first kappa shape index (κ1) is 23.3. The van der Waals surface area contributed by atoms with Crippen LogP contribution in [0.15, 0.2) is 0 Å². The highest BCUT2D eigenvalue weighted by Crippen LogP contribution is 2.41. The van der Waals surface area contributed by atoms with E-state index in [1.165, 1.54) is 14.0 Å². The maximum absolute atomic E-state index is 11.4. The van der Waals surface area contributed by atoms with E-state index in [4.69, 9.17) is 9.47 Å². The van der Waals surface area contributed by atoms with Crippen molar-refractivity contribution in [1.29, 1.82) is 0 Å². The Labute approximate surface area is 144 Å². The third-order valence-corrected chi connectivity index (χ3v) is 4.68. The monoisotopic (exact) mass is 350 g/mol. The summed E-state index contributed by atoms with van der Waals surface area (Å²) in [7, 11) is 1.45. The molecule has 0 spiro atoms. The van der Waals surface area contributed by atoms with E-state index in [0.717, 1.165) is 0 Å². The van der Waals surface area contributed by atoms with Crippen LogP contribution in [0.1, 0.15) is 54.4 Å². The summed E-state index contributed by atoms with van der Waals surface area (Å²) < 4.78 is 11.2. The first-order valence-corrected chi connectivity index (χ1v) is 8.28. The Morgan fingerprint density at radius 2 is 1.58 bits per heavy atom. The summed E-state index contributed by atoms with van der Waals surface area (Å²) in [6, 6.07) is 0. The molecule has 0 aromatic rings. The summed E-state index contributed by atoms with van der Waals surface area (Å²) in [6.45, 7) is 10.0. The van der Waals surface area contributed by atoms with Crippen LogP contribution in [0.3, 0.4) is 0 Å². The fourth-order valence-corrected chi connectivity index (χ4v) is 2.80. The molecule has 0 aliphatic heterocycles. The minimum absolute atomic E-state index is 0.312. The molecule has 4 N–H and O–H groups in total. The van der Waals surface area contributed by atoms with Gasteiger partial charge >= 0.3 is 5.97 Å². The third kappa shape index (κ3) is 5.97. The van der Waals surface area contributed by atoms with Crippen LogP contribution in [0.4, 0.5) is 0 Å².